The summed E-state index contributed by atoms with van der Waals surface area (Å²) in [6.07, 6.45) is 1.85. The Bertz CT molecular complexity index is 984. The molecule has 8 nitrogen and oxygen atoms in total. The maximum atomic E-state index is 13.1. The van der Waals surface area contributed by atoms with Crippen LogP contribution in [0.4, 0.5) is 5.69 Å². The molecule has 0 bridgehead atoms. The third-order valence-electron chi connectivity index (χ3n) is 5.15. The second-order valence-electron chi connectivity index (χ2n) is 7.25. The Labute approximate surface area is 200 Å². The zero-order valence-electron chi connectivity index (χ0n) is 16.7. The number of aliphatic carboxylic acids is 1. The van der Waals surface area contributed by atoms with E-state index >= 15 is 0 Å². The number of rotatable bonds is 8. The van der Waals surface area contributed by atoms with Crippen LogP contribution in [-0.4, -0.2) is 79.5 Å². The van der Waals surface area contributed by atoms with Crippen molar-refractivity contribution in [2.45, 2.75) is 22.7 Å². The average Bonchev–Trinajstić information content (AvgIpc) is 3.42. The van der Waals surface area contributed by atoms with Crippen molar-refractivity contribution in [3.63, 3.8) is 0 Å². The van der Waals surface area contributed by atoms with Gasteiger partial charge in [-0.2, -0.15) is 23.1 Å². The lowest BCUT2D eigenvalue weighted by molar-refractivity contribution is -0.156. The first-order valence-electron chi connectivity index (χ1n) is 9.28. The molecule has 166 valence electrons. The van der Waals surface area contributed by atoms with Crippen LogP contribution in [0.25, 0.3) is 0 Å². The second-order valence-corrected chi connectivity index (χ2v) is 12.4. The molecule has 0 spiro atoms. The zero-order chi connectivity index (χ0) is 22.2. The molecule has 0 saturated carbocycles. The van der Waals surface area contributed by atoms with Gasteiger partial charge in [0.2, 0.25) is 11.8 Å². The number of nitrogens with zero attached hydrogens (tertiary/aromatic N) is 4. The molecule has 0 aliphatic carbocycles. The molecule has 2 amide bonds. The number of fused-ring (bicyclic) bond motifs is 1. The quantitative estimate of drug-likeness (QED) is 0.419. The van der Waals surface area contributed by atoms with E-state index in [9.17, 15) is 19.5 Å². The fourth-order valence-electron chi connectivity index (χ4n) is 3.57. The van der Waals surface area contributed by atoms with Crippen molar-refractivity contribution in [3.05, 3.63) is 21.8 Å². The number of aryl methyl sites for hydroxylation is 1. The van der Waals surface area contributed by atoms with E-state index in [4.69, 9.17) is 0 Å². The highest BCUT2D eigenvalue weighted by atomic mass is 32.2. The SMILES string of the molecule is CSCC(=O)N(c1ccsc1)C1C(=O)N2CC(CSc3nnc(C)s3)(C(=O)O)CS[C@H]12. The van der Waals surface area contributed by atoms with Gasteiger partial charge in [0.1, 0.15) is 21.8 Å². The Morgan fingerprint density at radius 2 is 2.23 bits per heavy atom. The number of carbonyl (C=O) groups excluding carboxylic acids is 2. The predicted octanol–water partition coefficient (Wildman–Crippen LogP) is 2.75. The number of carboxylic acid groups (broad SMARTS) is 1. The minimum Gasteiger partial charge on any atom is -0.481 e. The van der Waals surface area contributed by atoms with Gasteiger partial charge in [0, 0.05) is 23.4 Å². The molecule has 3 atom stereocenters. The van der Waals surface area contributed by atoms with Crippen molar-refractivity contribution in [1.82, 2.24) is 15.1 Å². The molecule has 2 aliphatic rings. The first-order valence-corrected chi connectivity index (χ1v) is 14.5. The van der Waals surface area contributed by atoms with E-state index < -0.39 is 17.4 Å². The van der Waals surface area contributed by atoms with Gasteiger partial charge in [-0.05, 0) is 24.6 Å². The third kappa shape index (κ3) is 4.34. The van der Waals surface area contributed by atoms with Gasteiger partial charge in [0.15, 0.2) is 4.34 Å². The normalized spacial score (nSPS) is 25.1. The number of carboxylic acids is 1. The Hall–Kier alpha value is -1.28. The van der Waals surface area contributed by atoms with E-state index in [0.717, 1.165) is 15.0 Å². The number of anilines is 1. The molecule has 0 radical (unpaired) electrons. The Morgan fingerprint density at radius 3 is 2.84 bits per heavy atom. The molecule has 13 heteroatoms. The van der Waals surface area contributed by atoms with Crippen LogP contribution in [-0.2, 0) is 14.4 Å². The highest BCUT2D eigenvalue weighted by Crippen LogP contribution is 2.47. The first kappa shape index (κ1) is 22.9. The molecule has 2 saturated heterocycles. The summed E-state index contributed by atoms with van der Waals surface area (Å²) in [4.78, 5) is 41.4. The molecular weight excluding hydrogens is 497 g/mol. The minimum atomic E-state index is -1.07. The number of carbonyl (C=O) groups is 3. The van der Waals surface area contributed by atoms with Crippen LogP contribution in [0.5, 0.6) is 0 Å². The van der Waals surface area contributed by atoms with Crippen LogP contribution in [0.3, 0.4) is 0 Å². The summed E-state index contributed by atoms with van der Waals surface area (Å²) in [5.74, 6) is -0.260. The fraction of sp³-hybridized carbons (Fsp3) is 0.500. The van der Waals surface area contributed by atoms with Crippen molar-refractivity contribution < 1.29 is 19.5 Å². The molecule has 0 aromatic carbocycles. The summed E-state index contributed by atoms with van der Waals surface area (Å²) in [5, 5.41) is 22.4. The Kier molecular flexibility index (Phi) is 6.87. The predicted molar refractivity (Wildman–Crippen MR) is 127 cm³/mol. The topological polar surface area (TPSA) is 104 Å². The summed E-state index contributed by atoms with van der Waals surface area (Å²) < 4.78 is 0.726. The molecule has 2 aliphatic heterocycles. The van der Waals surface area contributed by atoms with Gasteiger partial charge in [-0.15, -0.1) is 22.0 Å². The van der Waals surface area contributed by atoms with Gasteiger partial charge in [-0.3, -0.25) is 19.3 Å². The molecule has 31 heavy (non-hydrogen) atoms. The number of thiophene rings is 1. The summed E-state index contributed by atoms with van der Waals surface area (Å²) in [5.41, 5.74) is -0.345. The van der Waals surface area contributed by atoms with Crippen LogP contribution in [0, 0.1) is 12.3 Å². The molecule has 2 aromatic rings. The van der Waals surface area contributed by atoms with Crippen molar-refractivity contribution in [1.29, 1.82) is 0 Å². The number of hydrogen-bond acceptors (Lipinski definition) is 10. The molecule has 1 N–H and O–H groups in total. The van der Waals surface area contributed by atoms with Gasteiger partial charge >= 0.3 is 5.97 Å². The lowest BCUT2D eigenvalue weighted by Gasteiger charge is -2.56. The van der Waals surface area contributed by atoms with Crippen LogP contribution >= 0.6 is 58.0 Å². The van der Waals surface area contributed by atoms with E-state index in [1.807, 2.05) is 30.0 Å². The largest absolute Gasteiger partial charge is 0.481 e. The maximum absolute atomic E-state index is 13.1. The molecule has 2 aromatic heterocycles. The summed E-state index contributed by atoms with van der Waals surface area (Å²) in [6, 6.07) is 1.25. The average molecular weight is 517 g/mol. The number of β-lactam (4-membered cyclic amide) rings is 1. The van der Waals surface area contributed by atoms with Crippen molar-refractivity contribution in [3.8, 4) is 0 Å². The van der Waals surface area contributed by atoms with E-state index in [2.05, 4.69) is 10.2 Å². The second kappa shape index (κ2) is 9.30. The molecule has 2 unspecified atom stereocenters. The number of thioether (sulfide) groups is 3. The maximum Gasteiger partial charge on any atom is 0.313 e. The smallest absolute Gasteiger partial charge is 0.313 e. The van der Waals surface area contributed by atoms with Crippen molar-refractivity contribution in [2.75, 3.05) is 35.0 Å². The van der Waals surface area contributed by atoms with Crippen LogP contribution in [0.1, 0.15) is 5.01 Å². The van der Waals surface area contributed by atoms with E-state index in [-0.39, 0.29) is 29.5 Å². The summed E-state index contributed by atoms with van der Waals surface area (Å²) >= 11 is 7.13. The highest BCUT2D eigenvalue weighted by Gasteiger charge is 2.59. The Balaban J connectivity index is 1.51. The Morgan fingerprint density at radius 1 is 1.42 bits per heavy atom. The van der Waals surface area contributed by atoms with Crippen LogP contribution in [0.2, 0.25) is 0 Å². The number of amides is 2. The molecular formula is C18H20N4O4S5. The number of aromatic nitrogens is 2. The first-order chi connectivity index (χ1) is 14.9. The number of hydrogen-bond donors (Lipinski definition) is 1. The summed E-state index contributed by atoms with van der Waals surface area (Å²) in [7, 11) is 0. The lowest BCUT2D eigenvalue weighted by Crippen LogP contribution is -2.75. The standard InChI is InChI=1S/C18H20N4O4S5/c1-10-19-20-17(31-10)30-9-18(16(25)26)7-21-14(24)13(15(21)29-8-18)22(12(23)6-27-2)11-3-4-28-5-11/h3-5,13,15H,6-9H2,1-2H3,(H,25,26)/t13?,15-,18?/m1/s1. The highest BCUT2D eigenvalue weighted by molar-refractivity contribution is 8.01. The molecule has 4 heterocycles. The molecule has 4 rings (SSSR count). The van der Waals surface area contributed by atoms with Crippen LogP contribution in [0.15, 0.2) is 21.2 Å². The van der Waals surface area contributed by atoms with Gasteiger partial charge in [0.25, 0.3) is 0 Å². The van der Waals surface area contributed by atoms with Crippen molar-refractivity contribution in [2.24, 2.45) is 5.41 Å². The van der Waals surface area contributed by atoms with Crippen molar-refractivity contribution >= 4 is 81.4 Å². The van der Waals surface area contributed by atoms with E-state index in [1.54, 1.807) is 9.80 Å². The fourth-order valence-corrected chi connectivity index (χ4v) is 8.31. The van der Waals surface area contributed by atoms with E-state index in [1.165, 1.54) is 58.0 Å². The van der Waals surface area contributed by atoms with Gasteiger partial charge < -0.3 is 10.0 Å². The third-order valence-corrected chi connectivity index (χ3v) is 10.2. The zero-order valence-corrected chi connectivity index (χ0v) is 20.8. The monoisotopic (exact) mass is 516 g/mol. The van der Waals surface area contributed by atoms with Gasteiger partial charge in [0.05, 0.1) is 11.4 Å². The lowest BCUT2D eigenvalue weighted by atomic mass is 9.89. The van der Waals surface area contributed by atoms with E-state index in [0.29, 0.717) is 11.5 Å². The van der Waals surface area contributed by atoms with Gasteiger partial charge in [-0.1, -0.05) is 23.1 Å². The summed E-state index contributed by atoms with van der Waals surface area (Å²) in [6.45, 7) is 1.99. The van der Waals surface area contributed by atoms with Crippen LogP contribution < -0.4 is 4.90 Å². The minimum absolute atomic E-state index is 0.109. The molecule has 2 fully saturated rings. The van der Waals surface area contributed by atoms with Gasteiger partial charge in [-0.25, -0.2) is 0 Å².